The van der Waals surface area contributed by atoms with Crippen LogP contribution in [0.3, 0.4) is 0 Å². The zero-order valence-corrected chi connectivity index (χ0v) is 13.2. The Hall–Kier alpha value is -1.48. The summed E-state index contributed by atoms with van der Waals surface area (Å²) in [5.74, 6) is 0.870. The van der Waals surface area contributed by atoms with E-state index in [-0.39, 0.29) is 5.91 Å². The number of fused-ring (bicyclic) bond motifs is 1. The van der Waals surface area contributed by atoms with Crippen molar-refractivity contribution in [2.75, 3.05) is 12.8 Å². The van der Waals surface area contributed by atoms with E-state index in [4.69, 9.17) is 0 Å². The Labute approximate surface area is 130 Å². The quantitative estimate of drug-likeness (QED) is 0.816. The van der Waals surface area contributed by atoms with Crippen LogP contribution in [0, 0.1) is 5.92 Å². The zero-order chi connectivity index (χ0) is 14.7. The van der Waals surface area contributed by atoms with Crippen LogP contribution in [0.2, 0.25) is 0 Å². The molecule has 110 valence electrons. The third-order valence-corrected chi connectivity index (χ3v) is 4.79. The lowest BCUT2D eigenvalue weighted by atomic mass is 10.0. The summed E-state index contributed by atoms with van der Waals surface area (Å²) in [7, 11) is 0. The molecular formula is C18H21NOS. The van der Waals surface area contributed by atoms with E-state index in [1.165, 1.54) is 34.1 Å². The van der Waals surface area contributed by atoms with Crippen LogP contribution in [0.5, 0.6) is 0 Å². The minimum absolute atomic E-state index is 0.211. The Morgan fingerprint density at radius 2 is 2.14 bits per heavy atom. The van der Waals surface area contributed by atoms with Crippen LogP contribution in [0.1, 0.15) is 24.8 Å². The highest BCUT2D eigenvalue weighted by molar-refractivity contribution is 7.98. The number of benzene rings is 2. The maximum atomic E-state index is 11.7. The Balaban J connectivity index is 1.66. The first kappa shape index (κ1) is 14.5. The Bertz CT molecular complexity index is 649. The van der Waals surface area contributed by atoms with E-state index < -0.39 is 0 Å². The Kier molecular flexibility index (Phi) is 4.49. The van der Waals surface area contributed by atoms with Crippen molar-refractivity contribution in [1.82, 2.24) is 5.32 Å². The summed E-state index contributed by atoms with van der Waals surface area (Å²) >= 11 is 1.77. The van der Waals surface area contributed by atoms with Gasteiger partial charge in [0.05, 0.1) is 0 Å². The first-order chi connectivity index (χ1) is 10.3. The summed E-state index contributed by atoms with van der Waals surface area (Å²) in [5.41, 5.74) is 1.31. The summed E-state index contributed by atoms with van der Waals surface area (Å²) in [6.45, 7) is 0.730. The zero-order valence-electron chi connectivity index (χ0n) is 12.4. The molecule has 0 radical (unpaired) electrons. The van der Waals surface area contributed by atoms with E-state index in [0.29, 0.717) is 12.3 Å². The molecule has 1 saturated carbocycles. The second-order valence-corrected chi connectivity index (χ2v) is 6.63. The average molecular weight is 299 g/mol. The van der Waals surface area contributed by atoms with E-state index in [0.717, 1.165) is 13.0 Å². The molecule has 0 saturated heterocycles. The molecule has 0 bridgehead atoms. The van der Waals surface area contributed by atoms with Crippen molar-refractivity contribution >= 4 is 28.4 Å². The van der Waals surface area contributed by atoms with Crippen molar-refractivity contribution in [2.24, 2.45) is 5.92 Å². The Morgan fingerprint density at radius 3 is 2.90 bits per heavy atom. The highest BCUT2D eigenvalue weighted by Gasteiger charge is 2.23. The van der Waals surface area contributed by atoms with Crippen LogP contribution in [0.15, 0.2) is 41.3 Å². The van der Waals surface area contributed by atoms with Gasteiger partial charge < -0.3 is 5.32 Å². The lowest BCUT2D eigenvalue weighted by Crippen LogP contribution is -2.25. The van der Waals surface area contributed by atoms with Crippen molar-refractivity contribution in [1.29, 1.82) is 0 Å². The number of nitrogens with one attached hydrogen (secondary N) is 1. The standard InChI is InChI=1S/C18H21NOS/c1-21-16-8-7-14-3-2-4-15(17(14)12-16)9-10-19-18(20)11-13-5-6-13/h2-4,7-8,12-13H,5-6,9-11H2,1H3,(H,19,20). The van der Waals surface area contributed by atoms with Gasteiger partial charge in [0.15, 0.2) is 0 Å². The molecule has 0 aliphatic heterocycles. The van der Waals surface area contributed by atoms with Crippen LogP contribution >= 0.6 is 11.8 Å². The third kappa shape index (κ3) is 3.79. The lowest BCUT2D eigenvalue weighted by Gasteiger charge is -2.09. The van der Waals surface area contributed by atoms with Gasteiger partial charge in [0.1, 0.15) is 0 Å². The fraction of sp³-hybridized carbons (Fsp3) is 0.389. The number of carbonyl (C=O) groups excluding carboxylic acids is 1. The fourth-order valence-electron chi connectivity index (χ4n) is 2.65. The first-order valence-electron chi connectivity index (χ1n) is 7.58. The monoisotopic (exact) mass is 299 g/mol. The molecule has 0 atom stereocenters. The van der Waals surface area contributed by atoms with Gasteiger partial charge in [-0.3, -0.25) is 4.79 Å². The number of amides is 1. The molecule has 1 aliphatic rings. The molecule has 2 aromatic rings. The van der Waals surface area contributed by atoms with Gasteiger partial charge in [-0.15, -0.1) is 11.8 Å². The predicted molar refractivity (Wildman–Crippen MR) is 89.8 cm³/mol. The van der Waals surface area contributed by atoms with Gasteiger partial charge in [-0.25, -0.2) is 0 Å². The molecule has 2 nitrogen and oxygen atoms in total. The predicted octanol–water partition coefficient (Wildman–Crippen LogP) is 4.02. The van der Waals surface area contributed by atoms with Crippen LogP contribution in [0.4, 0.5) is 0 Å². The average Bonchev–Trinajstić information content (AvgIpc) is 3.31. The second-order valence-electron chi connectivity index (χ2n) is 5.75. The number of thioether (sulfide) groups is 1. The van der Waals surface area contributed by atoms with Crippen molar-refractivity contribution < 1.29 is 4.79 Å². The van der Waals surface area contributed by atoms with Crippen molar-refractivity contribution in [2.45, 2.75) is 30.6 Å². The molecule has 1 aliphatic carbocycles. The van der Waals surface area contributed by atoms with Gasteiger partial charge in [-0.2, -0.15) is 0 Å². The summed E-state index contributed by atoms with van der Waals surface area (Å²) in [6, 6.07) is 13.0. The minimum atomic E-state index is 0.211. The molecule has 1 amide bonds. The highest BCUT2D eigenvalue weighted by atomic mass is 32.2. The molecule has 2 aromatic carbocycles. The summed E-state index contributed by atoms with van der Waals surface area (Å²) < 4.78 is 0. The topological polar surface area (TPSA) is 29.1 Å². The molecule has 1 fully saturated rings. The van der Waals surface area contributed by atoms with Crippen molar-refractivity contribution in [3.63, 3.8) is 0 Å². The molecule has 0 heterocycles. The van der Waals surface area contributed by atoms with Gasteiger partial charge in [-0.1, -0.05) is 24.3 Å². The van der Waals surface area contributed by atoms with E-state index in [2.05, 4.69) is 48.0 Å². The lowest BCUT2D eigenvalue weighted by molar-refractivity contribution is -0.121. The summed E-state index contributed by atoms with van der Waals surface area (Å²) in [6.07, 6.45) is 6.17. The van der Waals surface area contributed by atoms with E-state index in [1.807, 2.05) is 0 Å². The largest absolute Gasteiger partial charge is 0.356 e. The van der Waals surface area contributed by atoms with Crippen LogP contribution in [0.25, 0.3) is 10.8 Å². The van der Waals surface area contributed by atoms with Crippen molar-refractivity contribution in [3.8, 4) is 0 Å². The second kappa shape index (κ2) is 6.52. The van der Waals surface area contributed by atoms with Crippen LogP contribution < -0.4 is 5.32 Å². The molecule has 3 heteroatoms. The van der Waals surface area contributed by atoms with Gasteiger partial charge in [0, 0.05) is 17.9 Å². The maximum Gasteiger partial charge on any atom is 0.220 e. The molecular weight excluding hydrogens is 278 g/mol. The molecule has 1 N–H and O–H groups in total. The summed E-state index contributed by atoms with van der Waals surface area (Å²) in [4.78, 5) is 13.0. The SMILES string of the molecule is CSc1ccc2cccc(CCNC(=O)CC3CC3)c2c1. The third-order valence-electron chi connectivity index (χ3n) is 4.07. The number of carbonyl (C=O) groups is 1. The van der Waals surface area contributed by atoms with Gasteiger partial charge in [0.2, 0.25) is 5.91 Å². The van der Waals surface area contributed by atoms with Gasteiger partial charge in [0.25, 0.3) is 0 Å². The molecule has 3 rings (SSSR count). The molecule has 0 unspecified atom stereocenters. The Morgan fingerprint density at radius 1 is 1.29 bits per heavy atom. The molecule has 0 spiro atoms. The smallest absolute Gasteiger partial charge is 0.220 e. The number of hydrogen-bond donors (Lipinski definition) is 1. The minimum Gasteiger partial charge on any atom is -0.356 e. The number of rotatable bonds is 6. The summed E-state index contributed by atoms with van der Waals surface area (Å²) in [5, 5.41) is 5.63. The highest BCUT2D eigenvalue weighted by Crippen LogP contribution is 2.32. The first-order valence-corrected chi connectivity index (χ1v) is 8.81. The van der Waals surface area contributed by atoms with Crippen molar-refractivity contribution in [3.05, 3.63) is 42.0 Å². The van der Waals surface area contributed by atoms with Crippen LogP contribution in [-0.4, -0.2) is 18.7 Å². The maximum absolute atomic E-state index is 11.7. The normalized spacial score (nSPS) is 14.3. The van der Waals surface area contributed by atoms with Gasteiger partial charge >= 0.3 is 0 Å². The van der Waals surface area contributed by atoms with Gasteiger partial charge in [-0.05, 0) is 59.9 Å². The van der Waals surface area contributed by atoms with Crippen LogP contribution in [-0.2, 0) is 11.2 Å². The number of hydrogen-bond acceptors (Lipinski definition) is 2. The van der Waals surface area contributed by atoms with E-state index in [9.17, 15) is 4.79 Å². The molecule has 21 heavy (non-hydrogen) atoms. The molecule has 0 aromatic heterocycles. The fourth-order valence-corrected chi connectivity index (χ4v) is 3.09. The van der Waals surface area contributed by atoms with E-state index >= 15 is 0 Å². The van der Waals surface area contributed by atoms with E-state index in [1.54, 1.807) is 11.8 Å².